The summed E-state index contributed by atoms with van der Waals surface area (Å²) in [5, 5.41) is 3.30. The minimum atomic E-state index is 0. The number of benzene rings is 2. The Balaban J connectivity index is 0.00000210. The summed E-state index contributed by atoms with van der Waals surface area (Å²) < 4.78 is 1.99. The molecule has 0 unspecified atom stereocenters. The predicted molar refractivity (Wildman–Crippen MR) is 121 cm³/mol. The topological polar surface area (TPSA) is 68.2 Å². The van der Waals surface area contributed by atoms with Crippen LogP contribution in [0, 0.1) is 0 Å². The predicted octanol–water partition coefficient (Wildman–Crippen LogP) is 4.30. The summed E-state index contributed by atoms with van der Waals surface area (Å²) in [5.74, 6) is 0.449. The van der Waals surface area contributed by atoms with Gasteiger partial charge in [-0.25, -0.2) is 9.98 Å². The molecule has 1 aliphatic carbocycles. The van der Waals surface area contributed by atoms with Crippen LogP contribution >= 0.6 is 24.0 Å². The Bertz CT molecular complexity index is 918. The summed E-state index contributed by atoms with van der Waals surface area (Å²) >= 11 is 0. The summed E-state index contributed by atoms with van der Waals surface area (Å²) in [6.45, 7) is 0.516. The third-order valence-corrected chi connectivity index (χ3v) is 4.85. The molecule has 1 aliphatic rings. The van der Waals surface area contributed by atoms with Gasteiger partial charge < -0.3 is 15.6 Å². The van der Waals surface area contributed by atoms with E-state index in [4.69, 9.17) is 5.73 Å². The van der Waals surface area contributed by atoms with E-state index in [0.29, 0.717) is 12.5 Å². The van der Waals surface area contributed by atoms with Gasteiger partial charge in [0.05, 0.1) is 18.6 Å². The SMILES string of the molecule is I.NC(=NCc1ccccc1-n1ccnc1)Nc1cccc2c1CCCC2. The maximum atomic E-state index is 6.18. The average Bonchev–Trinajstić information content (AvgIpc) is 3.21. The number of nitrogens with two attached hydrogens (primary N) is 1. The van der Waals surface area contributed by atoms with E-state index in [0.717, 1.165) is 29.8 Å². The number of anilines is 1. The zero-order valence-corrected chi connectivity index (χ0v) is 17.5. The smallest absolute Gasteiger partial charge is 0.193 e. The van der Waals surface area contributed by atoms with E-state index >= 15 is 0 Å². The van der Waals surface area contributed by atoms with Crippen LogP contribution in [0.15, 0.2) is 66.2 Å². The number of hydrogen-bond donors (Lipinski definition) is 2. The first kappa shape index (κ1) is 19.4. The third-order valence-electron chi connectivity index (χ3n) is 4.85. The molecule has 0 aliphatic heterocycles. The number of halogens is 1. The fraction of sp³-hybridized carbons (Fsp3) is 0.238. The highest BCUT2D eigenvalue weighted by atomic mass is 127. The van der Waals surface area contributed by atoms with Gasteiger partial charge in [0.25, 0.3) is 0 Å². The minimum Gasteiger partial charge on any atom is -0.370 e. The lowest BCUT2D eigenvalue weighted by Gasteiger charge is -2.19. The monoisotopic (exact) mass is 473 g/mol. The second-order valence-corrected chi connectivity index (χ2v) is 6.58. The highest BCUT2D eigenvalue weighted by Gasteiger charge is 2.13. The molecule has 6 heteroatoms. The summed E-state index contributed by atoms with van der Waals surface area (Å²) in [5.41, 5.74) is 12.2. The lowest BCUT2D eigenvalue weighted by Crippen LogP contribution is -2.24. The molecule has 27 heavy (non-hydrogen) atoms. The molecule has 4 rings (SSSR count). The van der Waals surface area contributed by atoms with E-state index in [9.17, 15) is 0 Å². The standard InChI is InChI=1S/C21H23N5.HI/c22-21(25-19-10-5-8-16-6-1-3-9-18(16)19)24-14-17-7-2-4-11-20(17)26-13-12-23-15-26;/h2,4-5,7-8,10-13,15H,1,3,6,9,14H2,(H3,22,24,25);1H. The van der Waals surface area contributed by atoms with Gasteiger partial charge in [0.2, 0.25) is 0 Å². The number of guanidine groups is 1. The lowest BCUT2D eigenvalue weighted by molar-refractivity contribution is 0.687. The Kier molecular flexibility index (Phi) is 6.49. The van der Waals surface area contributed by atoms with Crippen molar-refractivity contribution < 1.29 is 0 Å². The number of aliphatic imine (C=N–C) groups is 1. The molecule has 3 N–H and O–H groups in total. The van der Waals surface area contributed by atoms with Crippen LogP contribution in [0.1, 0.15) is 29.5 Å². The number of nitrogens with one attached hydrogen (secondary N) is 1. The molecule has 0 atom stereocenters. The molecule has 0 amide bonds. The van der Waals surface area contributed by atoms with Crippen LogP contribution in [-0.2, 0) is 19.4 Å². The van der Waals surface area contributed by atoms with Gasteiger partial charge in [-0.15, -0.1) is 24.0 Å². The zero-order valence-electron chi connectivity index (χ0n) is 15.1. The first-order chi connectivity index (χ1) is 12.8. The van der Waals surface area contributed by atoms with Crippen molar-refractivity contribution >= 4 is 35.6 Å². The lowest BCUT2D eigenvalue weighted by atomic mass is 9.90. The van der Waals surface area contributed by atoms with E-state index in [1.54, 1.807) is 12.5 Å². The number of nitrogens with zero attached hydrogens (tertiary/aromatic N) is 3. The molecule has 1 heterocycles. The average molecular weight is 473 g/mol. The van der Waals surface area contributed by atoms with Gasteiger partial charge in [-0.1, -0.05) is 30.3 Å². The Morgan fingerprint density at radius 3 is 2.81 bits per heavy atom. The first-order valence-corrected chi connectivity index (χ1v) is 9.05. The Labute approximate surface area is 176 Å². The van der Waals surface area contributed by atoms with Gasteiger partial charge >= 0.3 is 0 Å². The highest BCUT2D eigenvalue weighted by Crippen LogP contribution is 2.27. The van der Waals surface area contributed by atoms with E-state index < -0.39 is 0 Å². The van der Waals surface area contributed by atoms with Crippen LogP contribution in [0.2, 0.25) is 0 Å². The van der Waals surface area contributed by atoms with Crippen molar-refractivity contribution in [2.24, 2.45) is 10.7 Å². The van der Waals surface area contributed by atoms with Crippen LogP contribution in [0.5, 0.6) is 0 Å². The Morgan fingerprint density at radius 2 is 1.96 bits per heavy atom. The van der Waals surface area contributed by atoms with Crippen LogP contribution in [-0.4, -0.2) is 15.5 Å². The molecule has 0 bridgehead atoms. The van der Waals surface area contributed by atoms with E-state index in [-0.39, 0.29) is 24.0 Å². The van der Waals surface area contributed by atoms with Crippen LogP contribution in [0.25, 0.3) is 5.69 Å². The molecule has 0 fully saturated rings. The van der Waals surface area contributed by atoms with E-state index in [2.05, 4.69) is 45.6 Å². The van der Waals surface area contributed by atoms with Crippen molar-refractivity contribution in [1.82, 2.24) is 9.55 Å². The number of para-hydroxylation sites is 1. The molecule has 2 aromatic carbocycles. The fourth-order valence-corrected chi connectivity index (χ4v) is 3.54. The second kappa shape index (κ2) is 9.03. The van der Waals surface area contributed by atoms with Crippen molar-refractivity contribution in [3.63, 3.8) is 0 Å². The normalized spacial score (nSPS) is 13.6. The Hall–Kier alpha value is -2.35. The van der Waals surface area contributed by atoms with Gasteiger partial charge in [0.1, 0.15) is 0 Å². The number of aromatic nitrogens is 2. The van der Waals surface area contributed by atoms with Crippen molar-refractivity contribution in [1.29, 1.82) is 0 Å². The molecule has 0 radical (unpaired) electrons. The van der Waals surface area contributed by atoms with Crippen molar-refractivity contribution in [3.8, 4) is 5.69 Å². The molecular weight excluding hydrogens is 449 g/mol. The molecule has 3 aromatic rings. The third kappa shape index (κ3) is 4.50. The van der Waals surface area contributed by atoms with Crippen LogP contribution < -0.4 is 11.1 Å². The quantitative estimate of drug-likeness (QED) is 0.338. The zero-order chi connectivity index (χ0) is 17.8. The largest absolute Gasteiger partial charge is 0.370 e. The minimum absolute atomic E-state index is 0. The van der Waals surface area contributed by atoms with Crippen molar-refractivity contribution in [3.05, 3.63) is 77.9 Å². The first-order valence-electron chi connectivity index (χ1n) is 9.05. The summed E-state index contributed by atoms with van der Waals surface area (Å²) in [7, 11) is 0. The van der Waals surface area contributed by atoms with Gasteiger partial charge in [0, 0.05) is 18.1 Å². The number of hydrogen-bond acceptors (Lipinski definition) is 2. The van der Waals surface area contributed by atoms with Gasteiger partial charge in [-0.3, -0.25) is 0 Å². The number of imidazole rings is 1. The van der Waals surface area contributed by atoms with Gasteiger partial charge in [-0.05, 0) is 54.5 Å². The highest BCUT2D eigenvalue weighted by molar-refractivity contribution is 14.0. The maximum absolute atomic E-state index is 6.18. The van der Waals surface area contributed by atoms with Crippen molar-refractivity contribution in [2.75, 3.05) is 5.32 Å². The Morgan fingerprint density at radius 1 is 1.11 bits per heavy atom. The maximum Gasteiger partial charge on any atom is 0.193 e. The number of rotatable bonds is 4. The molecular formula is C21H24IN5. The molecule has 0 saturated carbocycles. The van der Waals surface area contributed by atoms with E-state index in [1.807, 2.05) is 22.9 Å². The van der Waals surface area contributed by atoms with Crippen LogP contribution in [0.3, 0.4) is 0 Å². The molecule has 140 valence electrons. The van der Waals surface area contributed by atoms with Gasteiger partial charge in [0.15, 0.2) is 5.96 Å². The summed E-state index contributed by atoms with van der Waals surface area (Å²) in [6, 6.07) is 14.6. The number of aryl methyl sites for hydroxylation is 1. The van der Waals surface area contributed by atoms with E-state index in [1.165, 1.54) is 24.0 Å². The number of fused-ring (bicyclic) bond motifs is 1. The molecule has 1 aromatic heterocycles. The fourth-order valence-electron chi connectivity index (χ4n) is 3.54. The van der Waals surface area contributed by atoms with Gasteiger partial charge in [-0.2, -0.15) is 0 Å². The summed E-state index contributed by atoms with van der Waals surface area (Å²) in [4.78, 5) is 8.68. The molecule has 5 nitrogen and oxygen atoms in total. The summed E-state index contributed by atoms with van der Waals surface area (Å²) in [6.07, 6.45) is 10.3. The van der Waals surface area contributed by atoms with Crippen LogP contribution in [0.4, 0.5) is 5.69 Å². The molecule has 0 spiro atoms. The second-order valence-electron chi connectivity index (χ2n) is 6.58. The molecule has 0 saturated heterocycles. The van der Waals surface area contributed by atoms with Crippen molar-refractivity contribution in [2.45, 2.75) is 32.2 Å².